The predicted octanol–water partition coefficient (Wildman–Crippen LogP) is -0.520. The van der Waals surface area contributed by atoms with Gasteiger partial charge in [-0.25, -0.2) is 4.58 Å². The van der Waals surface area contributed by atoms with Crippen molar-refractivity contribution in [2.75, 3.05) is 13.1 Å². The van der Waals surface area contributed by atoms with E-state index in [0.717, 1.165) is 18.3 Å². The zero-order valence-electron chi connectivity index (χ0n) is 8.03. The molecule has 0 aliphatic carbocycles. The average molecular weight is 210 g/mol. The highest BCUT2D eigenvalue weighted by atomic mass is 35.5. The van der Waals surface area contributed by atoms with Gasteiger partial charge in [-0.1, -0.05) is 0 Å². The van der Waals surface area contributed by atoms with Crippen LogP contribution in [0.5, 0.6) is 0 Å². The van der Waals surface area contributed by atoms with Crippen molar-refractivity contribution >= 4 is 16.8 Å². The van der Waals surface area contributed by atoms with E-state index >= 15 is 0 Å². The van der Waals surface area contributed by atoms with Crippen LogP contribution in [0.25, 0.3) is 0 Å². The third-order valence-corrected chi connectivity index (χ3v) is 2.81. The van der Waals surface area contributed by atoms with Crippen molar-refractivity contribution in [3.05, 3.63) is 0 Å². The molecular formula is C9H17Cl2N. The molecular weight excluding hydrogens is 193 g/mol. The van der Waals surface area contributed by atoms with Gasteiger partial charge in [0.2, 0.25) is 5.17 Å². The van der Waals surface area contributed by atoms with Gasteiger partial charge < -0.3 is 12.4 Å². The van der Waals surface area contributed by atoms with Gasteiger partial charge in [0.25, 0.3) is 0 Å². The summed E-state index contributed by atoms with van der Waals surface area (Å²) < 4.78 is 2.29. The number of halogens is 2. The topological polar surface area (TPSA) is 3.01 Å². The third kappa shape index (κ3) is 2.95. The monoisotopic (exact) mass is 209 g/mol. The predicted molar refractivity (Wildman–Crippen MR) is 49.5 cm³/mol. The van der Waals surface area contributed by atoms with E-state index in [1.807, 2.05) is 0 Å². The van der Waals surface area contributed by atoms with Crippen molar-refractivity contribution in [2.24, 2.45) is 5.41 Å². The third-order valence-electron chi connectivity index (χ3n) is 2.00. The zero-order chi connectivity index (χ0) is 8.48. The lowest BCUT2D eigenvalue weighted by Crippen LogP contribution is -3.00. The van der Waals surface area contributed by atoms with Gasteiger partial charge in [-0.05, 0) is 32.4 Å². The Morgan fingerprint density at radius 3 is 1.92 bits per heavy atom. The Morgan fingerprint density at radius 1 is 1.17 bits per heavy atom. The first-order valence-corrected chi connectivity index (χ1v) is 4.67. The number of rotatable bonds is 0. The van der Waals surface area contributed by atoms with Gasteiger partial charge in [0.15, 0.2) is 0 Å². The van der Waals surface area contributed by atoms with Gasteiger partial charge in [0, 0.05) is 12.8 Å². The van der Waals surface area contributed by atoms with Crippen LogP contribution in [0.4, 0.5) is 0 Å². The number of hydrogen-bond acceptors (Lipinski definition) is 0. The summed E-state index contributed by atoms with van der Waals surface area (Å²) in [5.74, 6) is 0. The molecule has 72 valence electrons. The number of nitrogens with zero attached hydrogens (tertiary/aromatic N) is 1. The molecule has 12 heavy (non-hydrogen) atoms. The molecule has 1 aliphatic rings. The van der Waals surface area contributed by atoms with Gasteiger partial charge >= 0.3 is 0 Å². The summed E-state index contributed by atoms with van der Waals surface area (Å²) in [6.07, 6.45) is 2.60. The Hall–Kier alpha value is 0.250. The van der Waals surface area contributed by atoms with Crippen molar-refractivity contribution < 1.29 is 17.0 Å². The standard InChI is InChI=1S/C9H17ClN.ClH/c1-9(2,3)8(10)11-6-4-5-7-11;/h4-7H2,1-3H3;1H/q+1;/p-1. The summed E-state index contributed by atoms with van der Waals surface area (Å²) in [6, 6.07) is 0. The second-order valence-corrected chi connectivity index (χ2v) is 4.59. The molecule has 0 saturated carbocycles. The molecule has 0 atom stereocenters. The van der Waals surface area contributed by atoms with Crippen LogP contribution >= 0.6 is 11.6 Å². The SMILES string of the molecule is CC(C)(C)C(Cl)=[N+]1CCCC1.[Cl-]. The molecule has 0 bridgehead atoms. The van der Waals surface area contributed by atoms with Crippen LogP contribution in [-0.2, 0) is 0 Å². The van der Waals surface area contributed by atoms with Crippen LogP contribution in [0.15, 0.2) is 0 Å². The maximum Gasteiger partial charge on any atom is 0.250 e. The molecule has 0 aromatic carbocycles. The molecule has 0 aromatic rings. The first-order valence-electron chi connectivity index (χ1n) is 4.30. The van der Waals surface area contributed by atoms with Gasteiger partial charge in [-0.15, -0.1) is 0 Å². The highest BCUT2D eigenvalue weighted by Crippen LogP contribution is 2.20. The normalized spacial score (nSPS) is 17.5. The molecule has 1 fully saturated rings. The summed E-state index contributed by atoms with van der Waals surface area (Å²) in [5, 5.41) is 1.02. The second-order valence-electron chi connectivity index (χ2n) is 4.23. The van der Waals surface area contributed by atoms with Crippen molar-refractivity contribution in [1.82, 2.24) is 0 Å². The minimum absolute atomic E-state index is 0. The van der Waals surface area contributed by atoms with Crippen molar-refractivity contribution in [3.8, 4) is 0 Å². The minimum Gasteiger partial charge on any atom is -1.00 e. The molecule has 1 saturated heterocycles. The summed E-state index contributed by atoms with van der Waals surface area (Å²) >= 11 is 6.21. The largest absolute Gasteiger partial charge is 1.00 e. The molecule has 0 aromatic heterocycles. The lowest BCUT2D eigenvalue weighted by Gasteiger charge is -2.13. The first kappa shape index (κ1) is 12.2. The van der Waals surface area contributed by atoms with E-state index in [2.05, 4.69) is 25.3 Å². The van der Waals surface area contributed by atoms with Crippen LogP contribution in [0.3, 0.4) is 0 Å². The quantitative estimate of drug-likeness (QED) is 0.473. The van der Waals surface area contributed by atoms with Crippen molar-refractivity contribution in [3.63, 3.8) is 0 Å². The molecule has 0 N–H and O–H groups in total. The first-order chi connectivity index (χ1) is 5.02. The minimum atomic E-state index is 0. The van der Waals surface area contributed by atoms with Gasteiger partial charge in [-0.3, -0.25) is 0 Å². The fraction of sp³-hybridized carbons (Fsp3) is 0.889. The Bertz CT molecular complexity index is 171. The molecule has 1 aliphatic heterocycles. The molecule has 1 nitrogen and oxygen atoms in total. The maximum atomic E-state index is 6.21. The van der Waals surface area contributed by atoms with E-state index in [1.165, 1.54) is 12.8 Å². The summed E-state index contributed by atoms with van der Waals surface area (Å²) in [6.45, 7) is 8.78. The van der Waals surface area contributed by atoms with E-state index in [-0.39, 0.29) is 17.8 Å². The Morgan fingerprint density at radius 2 is 1.58 bits per heavy atom. The highest BCUT2D eigenvalue weighted by molar-refractivity contribution is 6.64. The zero-order valence-corrected chi connectivity index (χ0v) is 9.54. The van der Waals surface area contributed by atoms with Crippen molar-refractivity contribution in [1.29, 1.82) is 0 Å². The van der Waals surface area contributed by atoms with E-state index in [4.69, 9.17) is 11.6 Å². The smallest absolute Gasteiger partial charge is 0.250 e. The molecule has 1 heterocycles. The lowest BCUT2D eigenvalue weighted by molar-refractivity contribution is -0.507. The Balaban J connectivity index is 0.00000121. The molecule has 3 heteroatoms. The van der Waals surface area contributed by atoms with Gasteiger partial charge in [-0.2, -0.15) is 0 Å². The van der Waals surface area contributed by atoms with Crippen LogP contribution in [-0.4, -0.2) is 22.8 Å². The van der Waals surface area contributed by atoms with Gasteiger partial charge in [0.05, 0.1) is 5.41 Å². The van der Waals surface area contributed by atoms with E-state index < -0.39 is 0 Å². The van der Waals surface area contributed by atoms with E-state index in [9.17, 15) is 0 Å². The maximum absolute atomic E-state index is 6.21. The molecule has 0 spiro atoms. The Labute approximate surface area is 86.2 Å². The summed E-state index contributed by atoms with van der Waals surface area (Å²) in [4.78, 5) is 0. The molecule has 0 unspecified atom stereocenters. The van der Waals surface area contributed by atoms with E-state index in [0.29, 0.717) is 0 Å². The lowest BCUT2D eigenvalue weighted by atomic mass is 9.98. The second kappa shape index (κ2) is 4.48. The summed E-state index contributed by atoms with van der Waals surface area (Å²) in [5.41, 5.74) is 0.131. The molecule has 1 rings (SSSR count). The van der Waals surface area contributed by atoms with Crippen LogP contribution in [0, 0.1) is 5.41 Å². The van der Waals surface area contributed by atoms with Gasteiger partial charge in [0.1, 0.15) is 13.1 Å². The molecule has 0 radical (unpaired) electrons. The van der Waals surface area contributed by atoms with E-state index in [1.54, 1.807) is 0 Å². The number of hydrogen-bond donors (Lipinski definition) is 0. The average Bonchev–Trinajstić information content (AvgIpc) is 2.34. The van der Waals surface area contributed by atoms with Crippen molar-refractivity contribution in [2.45, 2.75) is 33.6 Å². The Kier molecular flexibility index (Phi) is 4.57. The van der Waals surface area contributed by atoms with Crippen LogP contribution in [0.1, 0.15) is 33.6 Å². The molecule has 0 amide bonds. The van der Waals surface area contributed by atoms with Crippen LogP contribution < -0.4 is 12.4 Å². The van der Waals surface area contributed by atoms with Crippen LogP contribution in [0.2, 0.25) is 0 Å². The fourth-order valence-corrected chi connectivity index (χ4v) is 1.56. The highest BCUT2D eigenvalue weighted by Gasteiger charge is 2.28. The fourth-order valence-electron chi connectivity index (χ4n) is 1.39. The summed E-state index contributed by atoms with van der Waals surface area (Å²) in [7, 11) is 0.